The largest absolute Gasteiger partial charge is 0.338 e. The Kier molecular flexibility index (Phi) is 4.44. The van der Waals surface area contributed by atoms with Crippen molar-refractivity contribution in [2.75, 3.05) is 19.6 Å². The number of allylic oxidation sites excluding steroid dienone is 1. The molecule has 2 aliphatic rings. The monoisotopic (exact) mass is 250 g/mol. The van der Waals surface area contributed by atoms with Gasteiger partial charge in [-0.15, -0.1) is 0 Å². The standard InChI is InChI=1S/C15H26N2O/c1-12(2)8-10-16-9-4-5-15(16)11-17(13(3)18)14-6-7-14/h8,14-15H,4-7,9-11H2,1-3H3. The fourth-order valence-electron chi connectivity index (χ4n) is 2.79. The first-order valence-electron chi connectivity index (χ1n) is 7.22. The van der Waals surface area contributed by atoms with Crippen molar-refractivity contribution in [3.8, 4) is 0 Å². The highest BCUT2D eigenvalue weighted by Crippen LogP contribution is 2.29. The summed E-state index contributed by atoms with van der Waals surface area (Å²) in [6, 6.07) is 1.12. The summed E-state index contributed by atoms with van der Waals surface area (Å²) in [4.78, 5) is 16.3. The number of hydrogen-bond donors (Lipinski definition) is 0. The Balaban J connectivity index is 1.90. The molecule has 2 rings (SSSR count). The summed E-state index contributed by atoms with van der Waals surface area (Å²) >= 11 is 0. The van der Waals surface area contributed by atoms with Crippen molar-refractivity contribution in [2.24, 2.45) is 0 Å². The first-order chi connectivity index (χ1) is 8.58. The highest BCUT2D eigenvalue weighted by molar-refractivity contribution is 5.74. The second kappa shape index (κ2) is 5.87. The minimum Gasteiger partial charge on any atom is -0.338 e. The first-order valence-corrected chi connectivity index (χ1v) is 7.22. The molecule has 1 atom stereocenters. The van der Waals surface area contributed by atoms with Gasteiger partial charge in [0, 0.05) is 32.1 Å². The molecule has 1 aliphatic carbocycles. The number of likely N-dealkylation sites (tertiary alicyclic amines) is 1. The summed E-state index contributed by atoms with van der Waals surface area (Å²) in [6.07, 6.45) is 7.23. The van der Waals surface area contributed by atoms with E-state index in [-0.39, 0.29) is 5.91 Å². The normalized spacial score (nSPS) is 24.1. The molecule has 1 aliphatic heterocycles. The molecule has 0 aromatic heterocycles. The molecule has 0 N–H and O–H groups in total. The second-order valence-electron chi connectivity index (χ2n) is 5.98. The maximum atomic E-state index is 11.7. The summed E-state index contributed by atoms with van der Waals surface area (Å²) in [5.41, 5.74) is 1.38. The first kappa shape index (κ1) is 13.6. The van der Waals surface area contributed by atoms with E-state index >= 15 is 0 Å². The molecule has 2 fully saturated rings. The van der Waals surface area contributed by atoms with Crippen LogP contribution in [-0.2, 0) is 4.79 Å². The van der Waals surface area contributed by atoms with Gasteiger partial charge in [-0.05, 0) is 46.1 Å². The van der Waals surface area contributed by atoms with Gasteiger partial charge in [0.15, 0.2) is 0 Å². The number of hydrogen-bond acceptors (Lipinski definition) is 2. The average molecular weight is 250 g/mol. The summed E-state index contributed by atoms with van der Waals surface area (Å²) in [5, 5.41) is 0. The van der Waals surface area contributed by atoms with Crippen LogP contribution in [0.15, 0.2) is 11.6 Å². The van der Waals surface area contributed by atoms with E-state index in [0.29, 0.717) is 12.1 Å². The van der Waals surface area contributed by atoms with Gasteiger partial charge < -0.3 is 4.90 Å². The fourth-order valence-corrected chi connectivity index (χ4v) is 2.79. The van der Waals surface area contributed by atoms with Crippen molar-refractivity contribution in [1.82, 2.24) is 9.80 Å². The van der Waals surface area contributed by atoms with Gasteiger partial charge in [0.1, 0.15) is 0 Å². The van der Waals surface area contributed by atoms with Crippen molar-refractivity contribution in [3.63, 3.8) is 0 Å². The van der Waals surface area contributed by atoms with Crippen LogP contribution in [0.5, 0.6) is 0 Å². The van der Waals surface area contributed by atoms with Crippen LogP contribution < -0.4 is 0 Å². The van der Waals surface area contributed by atoms with E-state index in [0.717, 1.165) is 13.1 Å². The van der Waals surface area contributed by atoms with Crippen molar-refractivity contribution in [1.29, 1.82) is 0 Å². The summed E-state index contributed by atoms with van der Waals surface area (Å²) < 4.78 is 0. The highest BCUT2D eigenvalue weighted by Gasteiger charge is 2.34. The average Bonchev–Trinajstić information content (AvgIpc) is 3.03. The van der Waals surface area contributed by atoms with Gasteiger partial charge >= 0.3 is 0 Å². The third-order valence-corrected chi connectivity index (χ3v) is 4.03. The van der Waals surface area contributed by atoms with Gasteiger partial charge in [-0.3, -0.25) is 9.69 Å². The van der Waals surface area contributed by atoms with Gasteiger partial charge in [-0.2, -0.15) is 0 Å². The zero-order chi connectivity index (χ0) is 13.1. The molecule has 3 nitrogen and oxygen atoms in total. The lowest BCUT2D eigenvalue weighted by molar-refractivity contribution is -0.130. The van der Waals surface area contributed by atoms with Crippen molar-refractivity contribution in [2.45, 2.75) is 58.5 Å². The van der Waals surface area contributed by atoms with Gasteiger partial charge in [-0.1, -0.05) is 11.6 Å². The Hall–Kier alpha value is -0.830. The molecule has 0 radical (unpaired) electrons. The van der Waals surface area contributed by atoms with Crippen LogP contribution in [0.3, 0.4) is 0 Å². The molecular formula is C15H26N2O. The number of nitrogens with zero attached hydrogens (tertiary/aromatic N) is 2. The summed E-state index contributed by atoms with van der Waals surface area (Å²) in [5.74, 6) is 0.256. The lowest BCUT2D eigenvalue weighted by Gasteiger charge is -2.30. The van der Waals surface area contributed by atoms with E-state index < -0.39 is 0 Å². The third-order valence-electron chi connectivity index (χ3n) is 4.03. The topological polar surface area (TPSA) is 23.6 Å². The summed E-state index contributed by atoms with van der Waals surface area (Å²) in [6.45, 7) is 9.19. The number of carbonyl (C=O) groups excluding carboxylic acids is 1. The van der Waals surface area contributed by atoms with Gasteiger partial charge in [0.05, 0.1) is 0 Å². The second-order valence-corrected chi connectivity index (χ2v) is 5.98. The predicted octanol–water partition coefficient (Wildman–Crippen LogP) is 2.43. The van der Waals surface area contributed by atoms with E-state index in [2.05, 4.69) is 29.7 Å². The molecule has 1 amide bonds. The summed E-state index contributed by atoms with van der Waals surface area (Å²) in [7, 11) is 0. The SMILES string of the molecule is CC(=O)N(CC1CCCN1CC=C(C)C)C1CC1. The zero-order valence-electron chi connectivity index (χ0n) is 12.0. The molecule has 102 valence electrons. The highest BCUT2D eigenvalue weighted by atomic mass is 16.2. The van der Waals surface area contributed by atoms with Crippen LogP contribution in [0.25, 0.3) is 0 Å². The van der Waals surface area contributed by atoms with E-state index in [9.17, 15) is 4.79 Å². The Morgan fingerprint density at radius 3 is 2.56 bits per heavy atom. The molecule has 0 bridgehead atoms. The van der Waals surface area contributed by atoms with E-state index in [1.807, 2.05) is 0 Å². The maximum absolute atomic E-state index is 11.7. The van der Waals surface area contributed by atoms with Crippen LogP contribution in [0, 0.1) is 0 Å². The third kappa shape index (κ3) is 3.58. The van der Waals surface area contributed by atoms with E-state index in [4.69, 9.17) is 0 Å². The molecule has 1 unspecified atom stereocenters. The Morgan fingerprint density at radius 1 is 1.28 bits per heavy atom. The van der Waals surface area contributed by atoms with E-state index in [1.54, 1.807) is 6.92 Å². The Bertz CT molecular complexity index is 329. The number of amides is 1. The van der Waals surface area contributed by atoms with Crippen molar-refractivity contribution < 1.29 is 4.79 Å². The molecule has 0 aromatic rings. The van der Waals surface area contributed by atoms with Gasteiger partial charge in [0.25, 0.3) is 0 Å². The van der Waals surface area contributed by atoms with Crippen molar-refractivity contribution in [3.05, 3.63) is 11.6 Å². The van der Waals surface area contributed by atoms with Crippen LogP contribution in [-0.4, -0.2) is 47.4 Å². The molecule has 1 heterocycles. The van der Waals surface area contributed by atoms with Gasteiger partial charge in [0.2, 0.25) is 5.91 Å². The minimum absolute atomic E-state index is 0.256. The Labute approximate surface area is 111 Å². The molecular weight excluding hydrogens is 224 g/mol. The lowest BCUT2D eigenvalue weighted by Crippen LogP contribution is -2.43. The van der Waals surface area contributed by atoms with Crippen LogP contribution in [0.2, 0.25) is 0 Å². The van der Waals surface area contributed by atoms with Crippen LogP contribution >= 0.6 is 0 Å². The van der Waals surface area contributed by atoms with Gasteiger partial charge in [-0.25, -0.2) is 0 Å². The lowest BCUT2D eigenvalue weighted by atomic mass is 10.2. The zero-order valence-corrected chi connectivity index (χ0v) is 12.0. The quantitative estimate of drug-likeness (QED) is 0.700. The number of rotatable bonds is 5. The maximum Gasteiger partial charge on any atom is 0.219 e. The predicted molar refractivity (Wildman–Crippen MR) is 74.4 cm³/mol. The molecule has 1 saturated heterocycles. The smallest absolute Gasteiger partial charge is 0.219 e. The molecule has 0 spiro atoms. The van der Waals surface area contributed by atoms with Crippen LogP contribution in [0.1, 0.15) is 46.5 Å². The number of carbonyl (C=O) groups is 1. The fraction of sp³-hybridized carbons (Fsp3) is 0.800. The Morgan fingerprint density at radius 2 is 2.00 bits per heavy atom. The molecule has 1 saturated carbocycles. The minimum atomic E-state index is 0.256. The molecule has 3 heteroatoms. The molecule has 18 heavy (non-hydrogen) atoms. The van der Waals surface area contributed by atoms with Crippen LogP contribution in [0.4, 0.5) is 0 Å². The molecule has 0 aromatic carbocycles. The van der Waals surface area contributed by atoms with E-state index in [1.165, 1.54) is 37.8 Å². The van der Waals surface area contributed by atoms with Crippen molar-refractivity contribution >= 4 is 5.91 Å².